The number of rotatable bonds is 6. The average Bonchev–Trinajstić information content (AvgIpc) is 2.63. The number of phenols is 1. The molecule has 0 saturated heterocycles. The predicted octanol–water partition coefficient (Wildman–Crippen LogP) is 3.03. The van der Waals surface area contributed by atoms with Crippen molar-refractivity contribution in [3.05, 3.63) is 69.8 Å². The van der Waals surface area contributed by atoms with E-state index in [1.807, 2.05) is 0 Å². The van der Waals surface area contributed by atoms with E-state index in [-0.39, 0.29) is 28.5 Å². The molecule has 28 heavy (non-hydrogen) atoms. The van der Waals surface area contributed by atoms with Crippen molar-refractivity contribution < 1.29 is 24.4 Å². The summed E-state index contributed by atoms with van der Waals surface area (Å²) in [5.41, 5.74) is 0.558. The fourth-order valence-electron chi connectivity index (χ4n) is 2.19. The zero-order valence-electron chi connectivity index (χ0n) is 15.1. The van der Waals surface area contributed by atoms with E-state index in [0.717, 1.165) is 24.3 Å². The van der Waals surface area contributed by atoms with Crippen LogP contribution in [0.25, 0.3) is 0 Å². The zero-order valence-corrected chi connectivity index (χ0v) is 15.1. The molecule has 2 amide bonds. The van der Waals surface area contributed by atoms with E-state index in [4.69, 9.17) is 0 Å². The molecule has 9 nitrogen and oxygen atoms in total. The number of benzene rings is 2. The molecule has 0 heterocycles. The number of non-ortho nitro benzene ring substituents is 1. The van der Waals surface area contributed by atoms with Gasteiger partial charge in [0, 0.05) is 35.0 Å². The molecular weight excluding hydrogens is 366 g/mol. The predicted molar refractivity (Wildman–Crippen MR) is 102 cm³/mol. The van der Waals surface area contributed by atoms with Gasteiger partial charge in [0.05, 0.1) is 10.6 Å². The molecule has 2 aromatic rings. The third kappa shape index (κ3) is 5.24. The van der Waals surface area contributed by atoms with Crippen LogP contribution in [-0.2, 0) is 9.59 Å². The number of carbonyl (C=O) groups excluding carboxylic acids is 3. The van der Waals surface area contributed by atoms with Gasteiger partial charge in [-0.15, -0.1) is 0 Å². The minimum atomic E-state index is -0.740. The van der Waals surface area contributed by atoms with E-state index in [2.05, 4.69) is 10.6 Å². The van der Waals surface area contributed by atoms with Crippen LogP contribution in [0.1, 0.15) is 24.2 Å². The lowest BCUT2D eigenvalue weighted by Gasteiger charge is -2.07. The first-order chi connectivity index (χ1) is 13.2. The van der Waals surface area contributed by atoms with Gasteiger partial charge in [-0.2, -0.15) is 0 Å². The summed E-state index contributed by atoms with van der Waals surface area (Å²) < 4.78 is 0. The highest BCUT2D eigenvalue weighted by Gasteiger charge is 2.13. The average molecular weight is 383 g/mol. The normalized spacial score (nSPS) is 10.9. The lowest BCUT2D eigenvalue weighted by Crippen LogP contribution is -2.16. The molecule has 0 bridgehead atoms. The molecule has 9 heteroatoms. The topological polar surface area (TPSA) is 139 Å². The van der Waals surface area contributed by atoms with Crippen molar-refractivity contribution in [3.8, 4) is 5.75 Å². The van der Waals surface area contributed by atoms with Gasteiger partial charge in [0.25, 0.3) is 11.6 Å². The fraction of sp³-hybridized carbons (Fsp3) is 0.105. The number of nitrogens with zero attached hydrogens (tertiary/aromatic N) is 1. The van der Waals surface area contributed by atoms with Crippen molar-refractivity contribution in [2.45, 2.75) is 13.8 Å². The van der Waals surface area contributed by atoms with Crippen molar-refractivity contribution in [2.24, 2.45) is 0 Å². The van der Waals surface area contributed by atoms with E-state index in [0.29, 0.717) is 11.3 Å². The molecule has 0 spiro atoms. The molecule has 144 valence electrons. The van der Waals surface area contributed by atoms with Gasteiger partial charge in [0.2, 0.25) is 5.91 Å². The van der Waals surface area contributed by atoms with Crippen LogP contribution in [0.3, 0.4) is 0 Å². The Labute approximate surface area is 159 Å². The summed E-state index contributed by atoms with van der Waals surface area (Å²) in [5, 5.41) is 25.3. The Morgan fingerprint density at radius 3 is 2.25 bits per heavy atom. The van der Waals surface area contributed by atoms with E-state index in [9.17, 15) is 29.6 Å². The highest BCUT2D eigenvalue weighted by Crippen LogP contribution is 2.27. The van der Waals surface area contributed by atoms with Gasteiger partial charge in [-0.25, -0.2) is 0 Å². The molecule has 0 aliphatic rings. The van der Waals surface area contributed by atoms with Crippen LogP contribution in [-0.4, -0.2) is 27.6 Å². The van der Waals surface area contributed by atoms with Gasteiger partial charge in [-0.05, 0) is 44.2 Å². The van der Waals surface area contributed by atoms with E-state index in [1.165, 1.54) is 13.8 Å². The smallest absolute Gasteiger partial charge is 0.271 e. The summed E-state index contributed by atoms with van der Waals surface area (Å²) in [7, 11) is 0. The first-order valence-corrected chi connectivity index (χ1v) is 8.06. The number of amides is 2. The number of anilines is 2. The maximum absolute atomic E-state index is 12.2. The molecule has 0 saturated carbocycles. The Hall–Kier alpha value is -4.01. The van der Waals surface area contributed by atoms with Gasteiger partial charge in [0.1, 0.15) is 5.75 Å². The summed E-state index contributed by atoms with van der Waals surface area (Å²) in [6.07, 6.45) is 0.998. The molecule has 0 radical (unpaired) electrons. The third-order valence-corrected chi connectivity index (χ3v) is 3.70. The monoisotopic (exact) mass is 383 g/mol. The Bertz CT molecular complexity index is 980. The lowest BCUT2D eigenvalue weighted by atomic mass is 10.1. The van der Waals surface area contributed by atoms with Crippen LogP contribution in [0, 0.1) is 10.1 Å². The van der Waals surface area contributed by atoms with E-state index < -0.39 is 16.7 Å². The first kappa shape index (κ1) is 20.3. The number of aromatic hydroxyl groups is 1. The molecule has 0 aromatic heterocycles. The second-order valence-electron chi connectivity index (χ2n) is 5.86. The molecule has 0 aliphatic carbocycles. The quantitative estimate of drug-likeness (QED) is 0.230. The van der Waals surface area contributed by atoms with Gasteiger partial charge < -0.3 is 15.7 Å². The Morgan fingerprint density at radius 2 is 1.68 bits per heavy atom. The summed E-state index contributed by atoms with van der Waals surface area (Å²) in [5.74, 6) is -1.74. The third-order valence-electron chi connectivity index (χ3n) is 3.70. The Morgan fingerprint density at radius 1 is 1.04 bits per heavy atom. The maximum atomic E-state index is 12.2. The van der Waals surface area contributed by atoms with Crippen LogP contribution in [0.15, 0.2) is 54.1 Å². The highest BCUT2D eigenvalue weighted by atomic mass is 16.6. The lowest BCUT2D eigenvalue weighted by molar-refractivity contribution is -0.384. The fourth-order valence-corrected chi connectivity index (χ4v) is 2.19. The zero-order chi connectivity index (χ0) is 20.8. The van der Waals surface area contributed by atoms with Crippen LogP contribution >= 0.6 is 0 Å². The minimum absolute atomic E-state index is 0.0677. The Balaban J connectivity index is 2.06. The standard InChI is InChI=1S/C19H17N3O6/c1-11(19(26)20-14-5-3-13(4-6-14)12(2)23)9-18(25)21-16-10-15(22(27)28)7-8-17(16)24/h3-10,24H,1-2H3,(H,20,26)(H,21,25)/b11-9-. The van der Waals surface area contributed by atoms with Gasteiger partial charge in [-0.3, -0.25) is 24.5 Å². The van der Waals surface area contributed by atoms with Crippen LogP contribution in [0.2, 0.25) is 0 Å². The molecule has 0 aliphatic heterocycles. The van der Waals surface area contributed by atoms with Crippen molar-refractivity contribution in [1.82, 2.24) is 0 Å². The number of nitrogens with one attached hydrogen (secondary N) is 2. The largest absolute Gasteiger partial charge is 0.506 e. The number of hydrogen-bond donors (Lipinski definition) is 3. The molecule has 0 atom stereocenters. The number of Topliss-reactive ketones (excluding diaryl/α,β-unsaturated/α-hetero) is 1. The summed E-state index contributed by atoms with van der Waals surface area (Å²) in [6, 6.07) is 9.43. The van der Waals surface area contributed by atoms with E-state index in [1.54, 1.807) is 24.3 Å². The van der Waals surface area contributed by atoms with Crippen molar-refractivity contribution >= 4 is 34.7 Å². The molecule has 2 aromatic carbocycles. The van der Waals surface area contributed by atoms with Crippen molar-refractivity contribution in [3.63, 3.8) is 0 Å². The molecule has 3 N–H and O–H groups in total. The molecule has 0 unspecified atom stereocenters. The van der Waals surface area contributed by atoms with Crippen LogP contribution < -0.4 is 10.6 Å². The van der Waals surface area contributed by atoms with Crippen LogP contribution in [0.5, 0.6) is 5.75 Å². The Kier molecular flexibility index (Phi) is 6.22. The summed E-state index contributed by atoms with van der Waals surface area (Å²) in [4.78, 5) is 45.6. The minimum Gasteiger partial charge on any atom is -0.506 e. The first-order valence-electron chi connectivity index (χ1n) is 8.06. The molecule has 0 fully saturated rings. The molecule has 2 rings (SSSR count). The van der Waals surface area contributed by atoms with Gasteiger partial charge in [0.15, 0.2) is 5.78 Å². The van der Waals surface area contributed by atoms with Gasteiger partial charge in [-0.1, -0.05) is 0 Å². The van der Waals surface area contributed by atoms with Crippen molar-refractivity contribution in [1.29, 1.82) is 0 Å². The summed E-state index contributed by atoms with van der Waals surface area (Å²) in [6.45, 7) is 2.84. The van der Waals surface area contributed by atoms with Gasteiger partial charge >= 0.3 is 0 Å². The molecular formula is C19H17N3O6. The number of carbonyl (C=O) groups is 3. The van der Waals surface area contributed by atoms with E-state index >= 15 is 0 Å². The summed E-state index contributed by atoms with van der Waals surface area (Å²) >= 11 is 0. The van der Waals surface area contributed by atoms with Crippen LogP contribution in [0.4, 0.5) is 17.1 Å². The second kappa shape index (κ2) is 8.58. The number of ketones is 1. The number of hydrogen-bond acceptors (Lipinski definition) is 6. The number of nitro benzene ring substituents is 1. The van der Waals surface area contributed by atoms with Crippen molar-refractivity contribution in [2.75, 3.05) is 10.6 Å². The number of nitro groups is 1. The second-order valence-corrected chi connectivity index (χ2v) is 5.86. The highest BCUT2D eigenvalue weighted by molar-refractivity contribution is 6.10. The SMILES string of the molecule is CC(=O)c1ccc(NC(=O)/C(C)=C\C(=O)Nc2cc([N+](=O)[O-])ccc2O)cc1. The maximum Gasteiger partial charge on any atom is 0.271 e. The number of phenolic OH excluding ortho intramolecular Hbond substituents is 1.